The lowest BCUT2D eigenvalue weighted by Crippen LogP contribution is -2.49. The van der Waals surface area contributed by atoms with Gasteiger partial charge >= 0.3 is 22.5 Å². The van der Waals surface area contributed by atoms with E-state index in [0.29, 0.717) is 53.2 Å². The molecule has 1 aromatic carbocycles. The molecule has 0 saturated carbocycles. The maximum atomic E-state index is 13.0. The topological polar surface area (TPSA) is 118 Å². The van der Waals surface area contributed by atoms with Crippen LogP contribution in [0.4, 0.5) is 18.0 Å². The summed E-state index contributed by atoms with van der Waals surface area (Å²) in [4.78, 5) is 15.6. The van der Waals surface area contributed by atoms with Crippen LogP contribution < -0.4 is 9.47 Å². The van der Waals surface area contributed by atoms with Gasteiger partial charge in [-0.25, -0.2) is 9.78 Å². The molecule has 1 fully saturated rings. The number of amides is 1. The second-order valence-electron chi connectivity index (χ2n) is 9.27. The van der Waals surface area contributed by atoms with E-state index in [9.17, 15) is 31.5 Å². The molecule has 1 aliphatic heterocycles. The molecule has 0 radical (unpaired) electrons. The van der Waals surface area contributed by atoms with E-state index < -0.39 is 28.0 Å². The Hall–Kier alpha value is -2.81. The van der Waals surface area contributed by atoms with Crippen LogP contribution in [0.15, 0.2) is 30.5 Å². The van der Waals surface area contributed by atoms with Crippen LogP contribution in [0.1, 0.15) is 37.3 Å². The minimum Gasteiger partial charge on any atom is -0.491 e. The number of halogens is 4. The molecule has 1 amide bonds. The average molecular weight is 610 g/mol. The molecule has 0 spiro atoms. The Balaban J connectivity index is 1.79. The molecule has 1 N–H and O–H groups in total. The van der Waals surface area contributed by atoms with Crippen molar-refractivity contribution in [2.24, 2.45) is 5.92 Å². The molecule has 15 heteroatoms. The summed E-state index contributed by atoms with van der Waals surface area (Å²) < 4.78 is 83.0. The molecule has 222 valence electrons. The van der Waals surface area contributed by atoms with E-state index >= 15 is 0 Å². The number of piperidine rings is 1. The van der Waals surface area contributed by atoms with Crippen LogP contribution in [0.3, 0.4) is 0 Å². The van der Waals surface area contributed by atoms with Crippen LogP contribution in [0, 0.1) is 5.92 Å². The monoisotopic (exact) mass is 609 g/mol. The standard InChI is InChI=1S/C25H31ClF3N3O7S/c1-17-7-10-31(11-8-17)40(35,36)32(24(33)34)9-3-4-18-5-6-20(38-13-12-37-2)15-22(18)39-23-21(26)14-19(16-30-23)25(27,28)29/h5-6,14-17H,3-4,7-13H2,1-2H3,(H,33,34). The van der Waals surface area contributed by atoms with Gasteiger partial charge in [-0.15, -0.1) is 0 Å². The van der Waals surface area contributed by atoms with Gasteiger partial charge in [0.05, 0.1) is 12.2 Å². The van der Waals surface area contributed by atoms with Crippen molar-refractivity contribution < 1.29 is 45.7 Å². The summed E-state index contributed by atoms with van der Waals surface area (Å²) in [6, 6.07) is 5.43. The Kier molecular flexibility index (Phi) is 10.9. The molecule has 2 aromatic rings. The van der Waals surface area contributed by atoms with Gasteiger partial charge in [0.1, 0.15) is 23.1 Å². The summed E-state index contributed by atoms with van der Waals surface area (Å²) in [5.41, 5.74) is -0.536. The van der Waals surface area contributed by atoms with Crippen molar-refractivity contribution in [3.63, 3.8) is 0 Å². The summed E-state index contributed by atoms with van der Waals surface area (Å²) in [7, 11) is -2.71. The molecule has 0 atom stereocenters. The van der Waals surface area contributed by atoms with Gasteiger partial charge in [-0.1, -0.05) is 24.6 Å². The van der Waals surface area contributed by atoms with Crippen molar-refractivity contribution in [2.45, 2.75) is 38.8 Å². The molecule has 3 rings (SSSR count). The molecular formula is C25H31ClF3N3O7S. The van der Waals surface area contributed by atoms with Gasteiger partial charge in [0, 0.05) is 39.0 Å². The molecule has 2 heterocycles. The van der Waals surface area contributed by atoms with E-state index in [1.54, 1.807) is 12.1 Å². The summed E-state index contributed by atoms with van der Waals surface area (Å²) in [6.07, 6.45) is -4.07. The molecular weight excluding hydrogens is 579 g/mol. The second-order valence-corrected chi connectivity index (χ2v) is 11.5. The zero-order valence-electron chi connectivity index (χ0n) is 22.0. The van der Waals surface area contributed by atoms with Crippen molar-refractivity contribution in [3.05, 3.63) is 46.6 Å². The summed E-state index contributed by atoms with van der Waals surface area (Å²) >= 11 is 6.02. The first-order valence-corrected chi connectivity index (χ1v) is 14.3. The minimum atomic E-state index is -4.64. The van der Waals surface area contributed by atoms with E-state index in [2.05, 4.69) is 4.98 Å². The van der Waals surface area contributed by atoms with Gasteiger partial charge in [-0.3, -0.25) is 0 Å². The molecule has 1 saturated heterocycles. The largest absolute Gasteiger partial charge is 0.491 e. The van der Waals surface area contributed by atoms with Gasteiger partial charge < -0.3 is 19.3 Å². The lowest BCUT2D eigenvalue weighted by molar-refractivity contribution is -0.137. The maximum Gasteiger partial charge on any atom is 0.422 e. The average Bonchev–Trinajstić information content (AvgIpc) is 2.88. The summed E-state index contributed by atoms with van der Waals surface area (Å²) in [5, 5.41) is 9.28. The number of hydrogen-bond donors (Lipinski definition) is 1. The first kappa shape index (κ1) is 31.7. The zero-order chi connectivity index (χ0) is 29.5. The van der Waals surface area contributed by atoms with Crippen LogP contribution in [-0.4, -0.2) is 73.2 Å². The van der Waals surface area contributed by atoms with Crippen LogP contribution in [-0.2, 0) is 27.5 Å². The van der Waals surface area contributed by atoms with Crippen LogP contribution >= 0.6 is 11.6 Å². The number of pyridine rings is 1. The number of ether oxygens (including phenoxy) is 3. The Morgan fingerprint density at radius 1 is 1.23 bits per heavy atom. The van der Waals surface area contributed by atoms with Crippen LogP contribution in [0.2, 0.25) is 5.02 Å². The highest BCUT2D eigenvalue weighted by molar-refractivity contribution is 7.87. The second kappa shape index (κ2) is 13.7. The van der Waals surface area contributed by atoms with Crippen molar-refractivity contribution in [1.29, 1.82) is 0 Å². The fraction of sp³-hybridized carbons (Fsp3) is 0.520. The fourth-order valence-electron chi connectivity index (χ4n) is 4.01. The summed E-state index contributed by atoms with van der Waals surface area (Å²) in [5.74, 6) is 0.600. The zero-order valence-corrected chi connectivity index (χ0v) is 23.6. The number of benzene rings is 1. The predicted molar refractivity (Wildman–Crippen MR) is 140 cm³/mol. The predicted octanol–water partition coefficient (Wildman–Crippen LogP) is 5.46. The van der Waals surface area contributed by atoms with Crippen LogP contribution in [0.25, 0.3) is 0 Å². The third-order valence-corrected chi connectivity index (χ3v) is 8.49. The number of aryl methyl sites for hydroxylation is 1. The highest BCUT2D eigenvalue weighted by Gasteiger charge is 2.35. The van der Waals surface area contributed by atoms with E-state index in [0.717, 1.165) is 0 Å². The number of methoxy groups -OCH3 is 1. The van der Waals surface area contributed by atoms with Gasteiger partial charge in [-0.2, -0.15) is 30.2 Å². The number of hydrogen-bond acceptors (Lipinski definition) is 7. The normalized spacial score (nSPS) is 15.2. The van der Waals surface area contributed by atoms with Crippen molar-refractivity contribution in [1.82, 2.24) is 13.6 Å². The number of rotatable bonds is 12. The van der Waals surface area contributed by atoms with Gasteiger partial charge in [0.15, 0.2) is 0 Å². The molecule has 0 unspecified atom stereocenters. The van der Waals surface area contributed by atoms with E-state index in [-0.39, 0.29) is 55.7 Å². The number of carboxylic acid groups (broad SMARTS) is 1. The minimum absolute atomic E-state index is 0.101. The van der Waals surface area contributed by atoms with Gasteiger partial charge in [-0.05, 0) is 49.3 Å². The Morgan fingerprint density at radius 2 is 1.93 bits per heavy atom. The first-order chi connectivity index (χ1) is 18.8. The first-order valence-electron chi connectivity index (χ1n) is 12.5. The molecule has 1 aromatic heterocycles. The van der Waals surface area contributed by atoms with Crippen LogP contribution in [0.5, 0.6) is 17.4 Å². The number of aromatic nitrogens is 1. The Labute approximate surface area is 235 Å². The van der Waals surface area contributed by atoms with E-state index in [1.807, 2.05) is 6.92 Å². The molecule has 0 aliphatic carbocycles. The lowest BCUT2D eigenvalue weighted by Gasteiger charge is -2.32. The number of nitrogens with zero attached hydrogens (tertiary/aromatic N) is 3. The fourth-order valence-corrected chi connectivity index (χ4v) is 5.72. The molecule has 40 heavy (non-hydrogen) atoms. The van der Waals surface area contributed by atoms with Crippen molar-refractivity contribution in [2.75, 3.05) is 40.0 Å². The third kappa shape index (κ3) is 8.35. The SMILES string of the molecule is COCCOc1ccc(CCCN(C(=O)O)S(=O)(=O)N2CCC(C)CC2)c(Oc2ncc(C(F)(F)F)cc2Cl)c1. The van der Waals surface area contributed by atoms with Crippen molar-refractivity contribution in [3.8, 4) is 17.4 Å². The third-order valence-electron chi connectivity index (χ3n) is 6.30. The van der Waals surface area contributed by atoms with E-state index in [4.69, 9.17) is 25.8 Å². The molecule has 0 bridgehead atoms. The quantitative estimate of drug-likeness (QED) is 0.315. The molecule has 10 nitrogen and oxygen atoms in total. The molecule has 1 aliphatic rings. The van der Waals surface area contributed by atoms with Gasteiger partial charge in [0.25, 0.3) is 0 Å². The maximum absolute atomic E-state index is 13.0. The van der Waals surface area contributed by atoms with Gasteiger partial charge in [0.2, 0.25) is 5.88 Å². The Bertz CT molecular complexity index is 1270. The van der Waals surface area contributed by atoms with E-state index in [1.165, 1.54) is 17.5 Å². The number of carbonyl (C=O) groups is 1. The highest BCUT2D eigenvalue weighted by atomic mass is 35.5. The number of alkyl halides is 3. The Morgan fingerprint density at radius 3 is 2.52 bits per heavy atom. The summed E-state index contributed by atoms with van der Waals surface area (Å²) in [6.45, 7) is 2.72. The van der Waals surface area contributed by atoms with Crippen molar-refractivity contribution >= 4 is 27.9 Å². The lowest BCUT2D eigenvalue weighted by atomic mass is 10.0. The smallest absolute Gasteiger partial charge is 0.422 e. The highest BCUT2D eigenvalue weighted by Crippen LogP contribution is 2.36.